The Balaban J connectivity index is 1.80. The molecule has 1 aliphatic carbocycles. The third kappa shape index (κ3) is 3.66. The van der Waals surface area contributed by atoms with E-state index >= 15 is 0 Å². The normalized spacial score (nSPS) is 20.5. The summed E-state index contributed by atoms with van der Waals surface area (Å²) in [5.74, 6) is 1.53. The van der Waals surface area contributed by atoms with Crippen LogP contribution in [0.15, 0.2) is 17.1 Å². The van der Waals surface area contributed by atoms with Crippen molar-refractivity contribution in [2.75, 3.05) is 7.11 Å². The van der Waals surface area contributed by atoms with Crippen molar-refractivity contribution in [2.45, 2.75) is 45.6 Å². The largest absolute Gasteiger partial charge is 0.857 e. The number of methoxy groups -OCH3 is 1. The van der Waals surface area contributed by atoms with E-state index in [1.54, 1.807) is 7.11 Å². The summed E-state index contributed by atoms with van der Waals surface area (Å²) in [6.07, 6.45) is 4.41. The van der Waals surface area contributed by atoms with Crippen LogP contribution in [0.3, 0.4) is 0 Å². The molecule has 4 rings (SSSR count). The molecule has 0 saturated heterocycles. The summed E-state index contributed by atoms with van der Waals surface area (Å²) in [4.78, 5) is 4.41. The molecule has 1 fully saturated rings. The zero-order valence-corrected chi connectivity index (χ0v) is 16.9. The third-order valence-electron chi connectivity index (χ3n) is 5.06. The molecule has 0 radical (unpaired) electrons. The number of rotatable bonds is 5. The maximum Gasteiger partial charge on any atom is 0.288 e. The Kier molecular flexibility index (Phi) is 5.17. The van der Waals surface area contributed by atoms with Gasteiger partial charge in [0.1, 0.15) is 11.5 Å². The minimum Gasteiger partial charge on any atom is -0.857 e. The van der Waals surface area contributed by atoms with Gasteiger partial charge in [0.05, 0.1) is 18.1 Å². The number of aliphatic imine (C=N–C) groups is 1. The predicted octanol–water partition coefficient (Wildman–Crippen LogP) is 3.13. The topological polar surface area (TPSA) is 108 Å². The Bertz CT molecular complexity index is 999. The number of H-pyrrole nitrogens is 1. The highest BCUT2D eigenvalue weighted by molar-refractivity contribution is 7.21. The van der Waals surface area contributed by atoms with Gasteiger partial charge in [-0.05, 0) is 55.0 Å². The lowest BCUT2D eigenvalue weighted by molar-refractivity contribution is -0.212. The number of benzene rings is 1. The molecule has 1 aliphatic rings. The van der Waals surface area contributed by atoms with Crippen molar-refractivity contribution in [3.8, 4) is 11.5 Å². The van der Waals surface area contributed by atoms with Crippen molar-refractivity contribution >= 4 is 33.3 Å². The van der Waals surface area contributed by atoms with E-state index < -0.39 is 5.90 Å². The van der Waals surface area contributed by atoms with Crippen LogP contribution in [-0.4, -0.2) is 39.7 Å². The number of nitrogens with zero attached hydrogens (tertiary/aromatic N) is 4. The summed E-state index contributed by atoms with van der Waals surface area (Å²) >= 11 is 1.37. The number of thiophene rings is 1. The van der Waals surface area contributed by atoms with Gasteiger partial charge in [0.25, 0.3) is 5.95 Å². The number of aromatic nitrogens is 4. The van der Waals surface area contributed by atoms with E-state index in [0.29, 0.717) is 16.5 Å². The zero-order chi connectivity index (χ0) is 19.7. The average Bonchev–Trinajstić information content (AvgIpc) is 3.29. The minimum absolute atomic E-state index is 0.00783. The number of ether oxygens (including phenoxy) is 2. The first-order valence-electron chi connectivity index (χ1n) is 9.32. The van der Waals surface area contributed by atoms with Crippen LogP contribution in [0.4, 0.5) is 5.95 Å². The van der Waals surface area contributed by atoms with E-state index in [2.05, 4.69) is 32.5 Å². The Morgan fingerprint density at radius 1 is 1.36 bits per heavy atom. The molecule has 2 atom stereocenters. The molecule has 8 nitrogen and oxygen atoms in total. The predicted molar refractivity (Wildman–Crippen MR) is 106 cm³/mol. The number of aryl methyl sites for hydroxylation is 1. The molecule has 0 spiro atoms. The summed E-state index contributed by atoms with van der Waals surface area (Å²) in [5.41, 5.74) is 1.00. The van der Waals surface area contributed by atoms with Crippen molar-refractivity contribution in [1.29, 1.82) is 0 Å². The fraction of sp³-hybridized carbons (Fsp3) is 0.474. The smallest absolute Gasteiger partial charge is 0.288 e. The van der Waals surface area contributed by atoms with Crippen LogP contribution in [0.2, 0.25) is 0 Å². The molecule has 1 N–H and O–H groups in total. The van der Waals surface area contributed by atoms with Crippen LogP contribution in [-0.2, 0) is 0 Å². The molecule has 0 aliphatic heterocycles. The summed E-state index contributed by atoms with van der Waals surface area (Å²) in [6.45, 7) is 4.22. The number of hydrogen-bond donors (Lipinski definition) is 1. The molecule has 1 aromatic carbocycles. The first-order chi connectivity index (χ1) is 13.5. The quantitative estimate of drug-likeness (QED) is 0.521. The van der Waals surface area contributed by atoms with Gasteiger partial charge in [-0.15, -0.1) is 16.4 Å². The molecule has 3 aromatic rings. The lowest BCUT2D eigenvalue weighted by atomic mass is 9.88. The Hall–Kier alpha value is -2.68. The van der Waals surface area contributed by atoms with Crippen molar-refractivity contribution in [1.82, 2.24) is 20.6 Å². The molecular formula is C19H22N5O3S-. The van der Waals surface area contributed by atoms with Gasteiger partial charge >= 0.3 is 0 Å². The standard InChI is InChI=1S/C19H23N5O3S/c1-10-5-4-6-12(7-10)27-16-13-9-14(26-3)11(2)8-15(13)28-17(16)18(25)20-19-21-23-24-22-19/h8-10,12H,4-7H2,1-3H3,(H2,20,21,22,23,24,25)/p-1/t10-,12-/m0/s1. The summed E-state index contributed by atoms with van der Waals surface area (Å²) in [5, 5.41) is 27.0. The fourth-order valence-corrected chi connectivity index (χ4v) is 4.78. The van der Waals surface area contributed by atoms with E-state index in [9.17, 15) is 5.11 Å². The van der Waals surface area contributed by atoms with Gasteiger partial charge in [0.2, 0.25) is 0 Å². The summed E-state index contributed by atoms with van der Waals surface area (Å²) in [6, 6.07) is 3.95. The van der Waals surface area contributed by atoms with E-state index in [0.717, 1.165) is 40.7 Å². The number of fused-ring (bicyclic) bond motifs is 1. The Morgan fingerprint density at radius 3 is 2.93 bits per heavy atom. The van der Waals surface area contributed by atoms with Crippen LogP contribution < -0.4 is 14.6 Å². The second kappa shape index (κ2) is 7.75. The van der Waals surface area contributed by atoms with Gasteiger partial charge in [0, 0.05) is 16.0 Å². The van der Waals surface area contributed by atoms with Gasteiger partial charge in [-0.1, -0.05) is 18.4 Å². The first kappa shape index (κ1) is 18.7. The van der Waals surface area contributed by atoms with Gasteiger partial charge in [-0.25, -0.2) is 4.99 Å². The SMILES string of the molecule is COc1cc2c(O[C@H]3CCC[C@H](C)C3)c(C([O-])=Nc3nn[nH]n3)sc2cc1C. The molecule has 0 amide bonds. The van der Waals surface area contributed by atoms with Crippen molar-refractivity contribution in [3.63, 3.8) is 0 Å². The minimum atomic E-state index is -0.432. The number of tetrazole rings is 1. The summed E-state index contributed by atoms with van der Waals surface area (Å²) < 4.78 is 12.8. The van der Waals surface area contributed by atoms with Crippen LogP contribution in [0.1, 0.15) is 43.0 Å². The lowest BCUT2D eigenvalue weighted by Gasteiger charge is -2.28. The Labute approximate surface area is 166 Å². The van der Waals surface area contributed by atoms with E-state index in [1.165, 1.54) is 17.8 Å². The van der Waals surface area contributed by atoms with E-state index in [4.69, 9.17) is 9.47 Å². The van der Waals surface area contributed by atoms with Crippen LogP contribution in [0.25, 0.3) is 10.1 Å². The average molecular weight is 400 g/mol. The molecule has 28 heavy (non-hydrogen) atoms. The monoisotopic (exact) mass is 400 g/mol. The number of aromatic amines is 1. The maximum absolute atomic E-state index is 12.9. The molecule has 9 heteroatoms. The lowest BCUT2D eigenvalue weighted by Crippen LogP contribution is -2.25. The highest BCUT2D eigenvalue weighted by Crippen LogP contribution is 2.42. The second-order valence-electron chi connectivity index (χ2n) is 7.22. The van der Waals surface area contributed by atoms with Crippen LogP contribution >= 0.6 is 11.3 Å². The second-order valence-corrected chi connectivity index (χ2v) is 8.27. The zero-order valence-electron chi connectivity index (χ0n) is 16.1. The van der Waals surface area contributed by atoms with Gasteiger partial charge < -0.3 is 14.6 Å². The van der Waals surface area contributed by atoms with Crippen molar-refractivity contribution < 1.29 is 14.6 Å². The molecule has 0 unspecified atom stereocenters. The van der Waals surface area contributed by atoms with E-state index in [-0.39, 0.29) is 12.1 Å². The molecule has 2 heterocycles. The Morgan fingerprint density at radius 2 is 2.21 bits per heavy atom. The molecule has 148 valence electrons. The van der Waals surface area contributed by atoms with Crippen molar-refractivity contribution in [2.24, 2.45) is 10.9 Å². The highest BCUT2D eigenvalue weighted by Gasteiger charge is 2.24. The van der Waals surface area contributed by atoms with Gasteiger partial charge in [0.15, 0.2) is 0 Å². The van der Waals surface area contributed by atoms with Crippen LogP contribution in [0.5, 0.6) is 11.5 Å². The fourth-order valence-electron chi connectivity index (χ4n) is 3.68. The molecule has 1 saturated carbocycles. The first-order valence-corrected chi connectivity index (χ1v) is 10.1. The van der Waals surface area contributed by atoms with Crippen molar-refractivity contribution in [3.05, 3.63) is 22.6 Å². The molecule has 2 aromatic heterocycles. The molecular weight excluding hydrogens is 378 g/mol. The number of nitrogens with one attached hydrogen (secondary N) is 1. The number of hydrogen-bond acceptors (Lipinski definition) is 8. The maximum atomic E-state index is 12.9. The van der Waals surface area contributed by atoms with Gasteiger partial charge in [-0.2, -0.15) is 5.21 Å². The third-order valence-corrected chi connectivity index (χ3v) is 6.18. The van der Waals surface area contributed by atoms with Gasteiger partial charge in [-0.3, -0.25) is 0 Å². The summed E-state index contributed by atoms with van der Waals surface area (Å²) in [7, 11) is 1.64. The molecule has 0 bridgehead atoms. The van der Waals surface area contributed by atoms with E-state index in [1.807, 2.05) is 19.1 Å². The van der Waals surface area contributed by atoms with Crippen LogP contribution in [0, 0.1) is 12.8 Å². The highest BCUT2D eigenvalue weighted by atomic mass is 32.1.